The maximum Gasteiger partial charge on any atom is 0.236 e. The SMILES string of the molecule is CC(c1ccc(-c2ccccc2)cc1)N(C)C(=O)CN. The topological polar surface area (TPSA) is 46.3 Å². The number of nitrogens with zero attached hydrogens (tertiary/aromatic N) is 1. The van der Waals surface area contributed by atoms with Gasteiger partial charge in [0.2, 0.25) is 5.91 Å². The van der Waals surface area contributed by atoms with E-state index < -0.39 is 0 Å². The number of carbonyl (C=O) groups is 1. The van der Waals surface area contributed by atoms with E-state index in [1.165, 1.54) is 11.1 Å². The minimum Gasteiger partial charge on any atom is -0.338 e. The van der Waals surface area contributed by atoms with E-state index in [0.29, 0.717) is 0 Å². The van der Waals surface area contributed by atoms with Crippen LogP contribution in [0, 0.1) is 0 Å². The zero-order chi connectivity index (χ0) is 14.5. The molecule has 0 aliphatic heterocycles. The first-order valence-corrected chi connectivity index (χ1v) is 6.74. The third-order valence-electron chi connectivity index (χ3n) is 3.65. The van der Waals surface area contributed by atoms with Crippen LogP contribution in [0.25, 0.3) is 11.1 Å². The lowest BCUT2D eigenvalue weighted by atomic mass is 10.0. The molecule has 0 heterocycles. The van der Waals surface area contributed by atoms with E-state index >= 15 is 0 Å². The normalized spacial score (nSPS) is 11.9. The number of nitrogens with two attached hydrogens (primary N) is 1. The number of hydrogen-bond acceptors (Lipinski definition) is 2. The molecule has 3 nitrogen and oxygen atoms in total. The van der Waals surface area contributed by atoms with Crippen LogP contribution in [0.15, 0.2) is 54.6 Å². The Bertz CT molecular complexity index is 563. The molecule has 2 N–H and O–H groups in total. The largest absolute Gasteiger partial charge is 0.338 e. The van der Waals surface area contributed by atoms with Gasteiger partial charge in [0.25, 0.3) is 0 Å². The molecule has 1 unspecified atom stereocenters. The molecule has 0 bridgehead atoms. The predicted octanol–water partition coefficient (Wildman–Crippen LogP) is 2.83. The standard InChI is InChI=1S/C17H20N2O/c1-13(19(2)17(20)12-18)14-8-10-16(11-9-14)15-6-4-3-5-7-15/h3-11,13H,12,18H2,1-2H3. The van der Waals surface area contributed by atoms with Gasteiger partial charge in [0, 0.05) is 7.05 Å². The predicted molar refractivity (Wildman–Crippen MR) is 82.1 cm³/mol. The maximum atomic E-state index is 11.6. The van der Waals surface area contributed by atoms with Crippen molar-refractivity contribution in [2.24, 2.45) is 5.73 Å². The Kier molecular flexibility index (Phi) is 4.53. The van der Waals surface area contributed by atoms with Gasteiger partial charge in [0.1, 0.15) is 0 Å². The first-order chi connectivity index (χ1) is 9.63. The molecular weight excluding hydrogens is 248 g/mol. The van der Waals surface area contributed by atoms with Crippen molar-refractivity contribution in [3.63, 3.8) is 0 Å². The second-order valence-corrected chi connectivity index (χ2v) is 4.87. The Hall–Kier alpha value is -2.13. The molecule has 104 valence electrons. The van der Waals surface area contributed by atoms with Gasteiger partial charge in [0.15, 0.2) is 0 Å². The van der Waals surface area contributed by atoms with Crippen molar-refractivity contribution < 1.29 is 4.79 Å². The molecule has 0 radical (unpaired) electrons. The summed E-state index contributed by atoms with van der Waals surface area (Å²) in [6, 6.07) is 18.6. The van der Waals surface area contributed by atoms with Gasteiger partial charge in [-0.25, -0.2) is 0 Å². The number of likely N-dealkylation sites (N-methyl/N-ethyl adjacent to an activating group) is 1. The molecule has 0 aromatic heterocycles. The molecule has 20 heavy (non-hydrogen) atoms. The molecule has 2 aromatic carbocycles. The average molecular weight is 268 g/mol. The smallest absolute Gasteiger partial charge is 0.236 e. The highest BCUT2D eigenvalue weighted by molar-refractivity contribution is 5.78. The third kappa shape index (κ3) is 3.06. The van der Waals surface area contributed by atoms with Gasteiger partial charge in [-0.15, -0.1) is 0 Å². The molecular formula is C17H20N2O. The summed E-state index contributed by atoms with van der Waals surface area (Å²) in [6.07, 6.45) is 0. The van der Waals surface area contributed by atoms with Gasteiger partial charge in [-0.2, -0.15) is 0 Å². The van der Waals surface area contributed by atoms with E-state index in [1.54, 1.807) is 11.9 Å². The lowest BCUT2D eigenvalue weighted by molar-refractivity contribution is -0.130. The van der Waals surface area contributed by atoms with Crippen molar-refractivity contribution in [2.45, 2.75) is 13.0 Å². The molecule has 3 heteroatoms. The van der Waals surface area contributed by atoms with E-state index in [-0.39, 0.29) is 18.5 Å². The lowest BCUT2D eigenvalue weighted by Crippen LogP contribution is -2.34. The van der Waals surface area contributed by atoms with Crippen LogP contribution in [0.5, 0.6) is 0 Å². The highest BCUT2D eigenvalue weighted by Crippen LogP contribution is 2.24. The second kappa shape index (κ2) is 6.35. The van der Waals surface area contributed by atoms with Crippen LogP contribution in [0.2, 0.25) is 0 Å². The molecule has 0 saturated heterocycles. The summed E-state index contributed by atoms with van der Waals surface area (Å²) < 4.78 is 0. The van der Waals surface area contributed by atoms with E-state index in [1.807, 2.05) is 25.1 Å². The quantitative estimate of drug-likeness (QED) is 0.926. The van der Waals surface area contributed by atoms with Crippen LogP contribution in [0.3, 0.4) is 0 Å². The maximum absolute atomic E-state index is 11.6. The molecule has 0 saturated carbocycles. The molecule has 0 aliphatic rings. The first-order valence-electron chi connectivity index (χ1n) is 6.74. The highest BCUT2D eigenvalue weighted by atomic mass is 16.2. The Labute approximate surface area is 120 Å². The summed E-state index contributed by atoms with van der Waals surface area (Å²) in [5, 5.41) is 0. The monoisotopic (exact) mass is 268 g/mol. The zero-order valence-corrected chi connectivity index (χ0v) is 11.9. The fraction of sp³-hybridized carbons (Fsp3) is 0.235. The minimum absolute atomic E-state index is 0.0240. The number of hydrogen-bond donors (Lipinski definition) is 1. The van der Waals surface area contributed by atoms with Crippen molar-refractivity contribution in [1.82, 2.24) is 4.90 Å². The van der Waals surface area contributed by atoms with Gasteiger partial charge in [0.05, 0.1) is 12.6 Å². The fourth-order valence-electron chi connectivity index (χ4n) is 2.17. The van der Waals surface area contributed by atoms with E-state index in [9.17, 15) is 4.79 Å². The van der Waals surface area contributed by atoms with E-state index in [4.69, 9.17) is 5.73 Å². The average Bonchev–Trinajstić information content (AvgIpc) is 2.53. The van der Waals surface area contributed by atoms with Crippen LogP contribution < -0.4 is 5.73 Å². The number of carbonyl (C=O) groups excluding carboxylic acids is 1. The van der Waals surface area contributed by atoms with Crippen LogP contribution in [-0.2, 0) is 4.79 Å². The van der Waals surface area contributed by atoms with Crippen molar-refractivity contribution >= 4 is 5.91 Å². The summed E-state index contributed by atoms with van der Waals surface area (Å²) in [7, 11) is 1.78. The molecule has 1 amide bonds. The summed E-state index contributed by atoms with van der Waals surface area (Å²) >= 11 is 0. The number of amides is 1. The zero-order valence-electron chi connectivity index (χ0n) is 11.9. The fourth-order valence-corrected chi connectivity index (χ4v) is 2.17. The molecule has 2 aromatic rings. The van der Waals surface area contributed by atoms with Crippen LogP contribution >= 0.6 is 0 Å². The lowest BCUT2D eigenvalue weighted by Gasteiger charge is -2.25. The number of rotatable bonds is 4. The molecule has 2 rings (SSSR count). The van der Waals surface area contributed by atoms with E-state index in [0.717, 1.165) is 5.56 Å². The van der Waals surface area contributed by atoms with Crippen LogP contribution in [0.4, 0.5) is 0 Å². The summed E-state index contributed by atoms with van der Waals surface area (Å²) in [5.74, 6) is -0.0513. The van der Waals surface area contributed by atoms with Crippen LogP contribution in [0.1, 0.15) is 18.5 Å². The first kappa shape index (κ1) is 14.3. The van der Waals surface area contributed by atoms with Crippen molar-refractivity contribution in [3.05, 3.63) is 60.2 Å². The van der Waals surface area contributed by atoms with Crippen molar-refractivity contribution in [3.8, 4) is 11.1 Å². The Morgan fingerprint density at radius 1 is 1.05 bits per heavy atom. The Morgan fingerprint density at radius 2 is 1.60 bits per heavy atom. The highest BCUT2D eigenvalue weighted by Gasteiger charge is 2.15. The second-order valence-electron chi connectivity index (χ2n) is 4.87. The van der Waals surface area contributed by atoms with Gasteiger partial charge in [-0.3, -0.25) is 4.79 Å². The minimum atomic E-state index is -0.0513. The van der Waals surface area contributed by atoms with Gasteiger partial charge < -0.3 is 10.6 Å². The van der Waals surface area contributed by atoms with Gasteiger partial charge in [-0.05, 0) is 23.6 Å². The van der Waals surface area contributed by atoms with E-state index in [2.05, 4.69) is 36.4 Å². The summed E-state index contributed by atoms with van der Waals surface area (Å²) in [6.45, 7) is 2.05. The molecule has 1 atom stereocenters. The molecule has 0 aliphatic carbocycles. The van der Waals surface area contributed by atoms with Gasteiger partial charge >= 0.3 is 0 Å². The third-order valence-corrected chi connectivity index (χ3v) is 3.65. The Morgan fingerprint density at radius 3 is 2.15 bits per heavy atom. The molecule has 0 fully saturated rings. The van der Waals surface area contributed by atoms with Crippen molar-refractivity contribution in [1.29, 1.82) is 0 Å². The Balaban J connectivity index is 2.18. The number of benzene rings is 2. The molecule has 0 spiro atoms. The van der Waals surface area contributed by atoms with Crippen molar-refractivity contribution in [2.75, 3.05) is 13.6 Å². The summed E-state index contributed by atoms with van der Waals surface area (Å²) in [5.41, 5.74) is 8.87. The summed E-state index contributed by atoms with van der Waals surface area (Å²) in [4.78, 5) is 13.3. The van der Waals surface area contributed by atoms with Gasteiger partial charge in [-0.1, -0.05) is 54.6 Å². The van der Waals surface area contributed by atoms with Crippen LogP contribution in [-0.4, -0.2) is 24.4 Å².